The molecule has 0 aliphatic heterocycles. The van der Waals surface area contributed by atoms with E-state index >= 15 is 0 Å². The summed E-state index contributed by atoms with van der Waals surface area (Å²) in [6.07, 6.45) is -0.767. The van der Waals surface area contributed by atoms with Crippen molar-refractivity contribution in [2.75, 3.05) is 7.05 Å². The normalized spacial score (nSPS) is 14.3. The Bertz CT molecular complexity index is 568. The maximum absolute atomic E-state index is 12.0. The fraction of sp³-hybridized carbons (Fsp3) is 0.429. The molecular weight excluding hydrogens is 280 g/mol. The van der Waals surface area contributed by atoms with Crippen molar-refractivity contribution in [1.82, 2.24) is 4.90 Å². The molecule has 0 radical (unpaired) electrons. The van der Waals surface area contributed by atoms with Gasteiger partial charge in [0.2, 0.25) is 0 Å². The van der Waals surface area contributed by atoms with Crippen LogP contribution in [0.3, 0.4) is 0 Å². The van der Waals surface area contributed by atoms with Crippen LogP contribution in [0.25, 0.3) is 0 Å². The van der Waals surface area contributed by atoms with Gasteiger partial charge in [0, 0.05) is 19.1 Å². The van der Waals surface area contributed by atoms with E-state index in [4.69, 9.17) is 24.3 Å². The number of rotatable bonds is 3. The molecule has 0 atom stereocenters. The van der Waals surface area contributed by atoms with Crippen LogP contribution in [0.5, 0.6) is 0 Å². The number of carbonyl (C=O) groups is 1. The second kappa shape index (κ2) is 6.61. The molecule has 1 amide bonds. The van der Waals surface area contributed by atoms with Crippen molar-refractivity contribution in [3.8, 4) is 0 Å². The molecule has 0 fully saturated rings. The first kappa shape index (κ1) is 13.2. The molecule has 20 heavy (non-hydrogen) atoms. The lowest BCUT2D eigenvalue weighted by Crippen LogP contribution is -2.33. The van der Waals surface area contributed by atoms with Crippen molar-refractivity contribution in [2.24, 2.45) is 5.16 Å². The average Bonchev–Trinajstić information content (AvgIpc) is 2.43. The SMILES string of the molecule is [2H]C([2H])(c1ccc(/C(Cl)=N/O)cc1)N(C)C(=O)OC(C)(C)C. The summed E-state index contributed by atoms with van der Waals surface area (Å²) < 4.78 is 21.4. The number of nitrogens with zero attached hydrogens (tertiary/aromatic N) is 2. The zero-order valence-electron chi connectivity index (χ0n) is 13.8. The van der Waals surface area contributed by atoms with Gasteiger partial charge >= 0.3 is 6.09 Å². The van der Waals surface area contributed by atoms with E-state index in [1.165, 1.54) is 31.3 Å². The van der Waals surface area contributed by atoms with Crippen LogP contribution in [0.2, 0.25) is 0 Å². The zero-order chi connectivity index (χ0) is 17.1. The maximum Gasteiger partial charge on any atom is 0.410 e. The fourth-order valence-electron chi connectivity index (χ4n) is 1.31. The first-order valence-corrected chi connectivity index (χ1v) is 6.32. The lowest BCUT2D eigenvalue weighted by molar-refractivity contribution is 0.0285. The quantitative estimate of drug-likeness (QED) is 0.528. The van der Waals surface area contributed by atoms with Crippen LogP contribution in [-0.4, -0.2) is 34.0 Å². The summed E-state index contributed by atoms with van der Waals surface area (Å²) in [5.41, 5.74) is -0.0354. The van der Waals surface area contributed by atoms with Crippen LogP contribution in [0.4, 0.5) is 4.79 Å². The Morgan fingerprint density at radius 1 is 1.45 bits per heavy atom. The maximum atomic E-state index is 12.0. The second-order valence-electron chi connectivity index (χ2n) is 5.12. The lowest BCUT2D eigenvalue weighted by Gasteiger charge is -2.24. The number of carbonyl (C=O) groups excluding carboxylic acids is 1. The minimum absolute atomic E-state index is 0.104. The van der Waals surface area contributed by atoms with Gasteiger partial charge in [0.25, 0.3) is 0 Å². The summed E-state index contributed by atoms with van der Waals surface area (Å²) in [5, 5.41) is 11.4. The fourth-order valence-corrected chi connectivity index (χ4v) is 1.44. The Morgan fingerprint density at radius 2 is 2.00 bits per heavy atom. The molecule has 0 aliphatic rings. The van der Waals surface area contributed by atoms with E-state index in [1.54, 1.807) is 20.8 Å². The molecule has 1 aromatic carbocycles. The lowest BCUT2D eigenvalue weighted by atomic mass is 10.1. The Kier molecular flexibility index (Phi) is 4.38. The van der Waals surface area contributed by atoms with Crippen LogP contribution in [0.15, 0.2) is 29.4 Å². The summed E-state index contributed by atoms with van der Waals surface area (Å²) in [5.74, 6) is 0. The van der Waals surface area contributed by atoms with Gasteiger partial charge in [-0.1, -0.05) is 41.0 Å². The van der Waals surface area contributed by atoms with E-state index < -0.39 is 18.2 Å². The van der Waals surface area contributed by atoms with Crippen LogP contribution in [0, 0.1) is 0 Å². The third-order valence-electron chi connectivity index (χ3n) is 2.18. The van der Waals surface area contributed by atoms with Crippen molar-refractivity contribution >= 4 is 22.9 Å². The largest absolute Gasteiger partial charge is 0.444 e. The summed E-state index contributed by atoms with van der Waals surface area (Å²) in [6.45, 7) is 3.06. The number of amides is 1. The second-order valence-corrected chi connectivity index (χ2v) is 5.48. The Morgan fingerprint density at radius 3 is 2.45 bits per heavy atom. The molecule has 0 bridgehead atoms. The highest BCUT2D eigenvalue weighted by atomic mass is 35.5. The highest BCUT2D eigenvalue weighted by Crippen LogP contribution is 2.13. The third kappa shape index (κ3) is 5.09. The smallest absolute Gasteiger partial charge is 0.410 e. The summed E-state index contributed by atoms with van der Waals surface area (Å²) in [4.78, 5) is 12.9. The van der Waals surface area contributed by atoms with Crippen molar-refractivity contribution in [3.63, 3.8) is 0 Å². The Hall–Kier alpha value is -1.75. The molecule has 0 aliphatic carbocycles. The van der Waals surface area contributed by atoms with E-state index in [9.17, 15) is 4.79 Å². The first-order chi connectivity index (χ1) is 9.99. The van der Waals surface area contributed by atoms with Gasteiger partial charge in [0.1, 0.15) is 5.60 Å². The van der Waals surface area contributed by atoms with Gasteiger partial charge in [-0.2, -0.15) is 0 Å². The van der Waals surface area contributed by atoms with E-state index in [0.29, 0.717) is 5.56 Å². The van der Waals surface area contributed by atoms with Gasteiger partial charge in [-0.05, 0) is 26.3 Å². The van der Waals surface area contributed by atoms with Gasteiger partial charge in [-0.3, -0.25) is 0 Å². The van der Waals surface area contributed by atoms with Crippen molar-refractivity contribution in [3.05, 3.63) is 35.4 Å². The van der Waals surface area contributed by atoms with Crippen molar-refractivity contribution < 1.29 is 17.5 Å². The van der Waals surface area contributed by atoms with Gasteiger partial charge in [0.15, 0.2) is 5.17 Å². The van der Waals surface area contributed by atoms with Gasteiger partial charge in [-0.15, -0.1) is 0 Å². The number of halogens is 1. The topological polar surface area (TPSA) is 62.1 Å². The Balaban J connectivity index is 3.00. The average molecular weight is 301 g/mol. The van der Waals surface area contributed by atoms with Gasteiger partial charge in [-0.25, -0.2) is 4.79 Å². The van der Waals surface area contributed by atoms with Crippen LogP contribution < -0.4 is 0 Å². The van der Waals surface area contributed by atoms with E-state index in [-0.39, 0.29) is 10.7 Å². The molecule has 0 saturated carbocycles. The van der Waals surface area contributed by atoms with Gasteiger partial charge < -0.3 is 14.8 Å². The molecular formula is C14H19ClN2O3. The van der Waals surface area contributed by atoms with Crippen molar-refractivity contribution in [1.29, 1.82) is 0 Å². The van der Waals surface area contributed by atoms with Crippen LogP contribution >= 0.6 is 11.6 Å². The number of oxime groups is 1. The molecule has 1 aromatic rings. The number of ether oxygens (including phenoxy) is 1. The highest BCUT2D eigenvalue weighted by Gasteiger charge is 2.19. The van der Waals surface area contributed by atoms with Crippen LogP contribution in [-0.2, 0) is 11.2 Å². The summed E-state index contributed by atoms with van der Waals surface area (Å²) in [6, 6.07) is 5.92. The monoisotopic (exact) mass is 300 g/mol. The molecule has 0 aromatic heterocycles. The predicted octanol–water partition coefficient (Wildman–Crippen LogP) is 3.43. The van der Waals surface area contributed by atoms with Gasteiger partial charge in [0.05, 0.1) is 2.74 Å². The van der Waals surface area contributed by atoms with E-state index in [1.807, 2.05) is 0 Å². The molecule has 0 heterocycles. The molecule has 0 spiro atoms. The minimum atomic E-state index is -2.07. The summed E-state index contributed by atoms with van der Waals surface area (Å²) in [7, 11) is 1.32. The van der Waals surface area contributed by atoms with E-state index in [2.05, 4.69) is 5.16 Å². The number of hydrogen-bond acceptors (Lipinski definition) is 4. The number of hydrogen-bond donors (Lipinski definition) is 1. The molecule has 0 unspecified atom stereocenters. The number of benzene rings is 1. The van der Waals surface area contributed by atoms with E-state index in [0.717, 1.165) is 4.90 Å². The third-order valence-corrected chi connectivity index (χ3v) is 2.47. The Labute approximate surface area is 126 Å². The summed E-state index contributed by atoms with van der Waals surface area (Å²) >= 11 is 5.66. The molecule has 6 heteroatoms. The standard InChI is InChI=1S/C14H19ClN2O3/c1-14(2,3)20-13(18)17(4)9-10-5-7-11(8-6-10)12(15)16-19/h5-8,19H,9H2,1-4H3/b16-12-/i9D2. The molecule has 1 rings (SSSR count). The molecule has 0 saturated heterocycles. The first-order valence-electron chi connectivity index (χ1n) is 6.94. The highest BCUT2D eigenvalue weighted by molar-refractivity contribution is 6.69. The molecule has 5 nitrogen and oxygen atoms in total. The molecule has 110 valence electrons. The molecule has 1 N–H and O–H groups in total. The zero-order valence-corrected chi connectivity index (χ0v) is 12.6. The van der Waals surface area contributed by atoms with Crippen LogP contribution in [0.1, 0.15) is 34.6 Å². The van der Waals surface area contributed by atoms with Crippen molar-refractivity contribution in [2.45, 2.75) is 32.9 Å². The predicted molar refractivity (Wildman–Crippen MR) is 78.3 cm³/mol. The minimum Gasteiger partial charge on any atom is -0.444 e.